The predicted molar refractivity (Wildman–Crippen MR) is 111 cm³/mol. The van der Waals surface area contributed by atoms with E-state index in [4.69, 9.17) is 0 Å². The van der Waals surface area contributed by atoms with Crippen LogP contribution >= 0.6 is 0 Å². The van der Waals surface area contributed by atoms with Crippen LogP contribution in [0.15, 0.2) is 77.7 Å². The summed E-state index contributed by atoms with van der Waals surface area (Å²) in [6.07, 6.45) is 1.32. The Morgan fingerprint density at radius 3 is 2.38 bits per heavy atom. The lowest BCUT2D eigenvalue weighted by Gasteiger charge is -2.15. The lowest BCUT2D eigenvalue weighted by Crippen LogP contribution is -2.41. The molecular formula is C23H21NO4S. The average molecular weight is 407 g/mol. The van der Waals surface area contributed by atoms with Gasteiger partial charge in [0.05, 0.1) is 4.90 Å². The minimum Gasteiger partial charge on any atom is -0.480 e. The van der Waals surface area contributed by atoms with Gasteiger partial charge in [0.25, 0.3) is 0 Å². The Kier molecular flexibility index (Phi) is 5.22. The number of sulfonamides is 1. The molecule has 6 heteroatoms. The normalized spacial score (nSPS) is 13.5. The van der Waals surface area contributed by atoms with Crippen molar-refractivity contribution in [2.45, 2.75) is 30.2 Å². The number of hydrogen-bond acceptors (Lipinski definition) is 3. The second kappa shape index (κ2) is 7.81. The Hall–Kier alpha value is -2.96. The molecule has 2 N–H and O–H groups in total. The second-order valence-corrected chi connectivity index (χ2v) is 8.90. The quantitative estimate of drug-likeness (QED) is 0.490. The van der Waals surface area contributed by atoms with Gasteiger partial charge in [-0.2, -0.15) is 4.72 Å². The monoisotopic (exact) mass is 407 g/mol. The summed E-state index contributed by atoms with van der Waals surface area (Å²) in [5.74, 6) is -1.18. The van der Waals surface area contributed by atoms with Gasteiger partial charge in [0.15, 0.2) is 0 Å². The molecule has 29 heavy (non-hydrogen) atoms. The molecule has 3 aromatic rings. The zero-order valence-electron chi connectivity index (χ0n) is 15.7. The Labute approximate surface area is 170 Å². The van der Waals surface area contributed by atoms with Gasteiger partial charge in [-0.15, -0.1) is 0 Å². The van der Waals surface area contributed by atoms with E-state index < -0.39 is 22.0 Å². The highest BCUT2D eigenvalue weighted by Gasteiger charge is 2.27. The number of carbonyl (C=O) groups is 1. The molecule has 0 heterocycles. The number of aryl methyl sites for hydroxylation is 1. The van der Waals surface area contributed by atoms with Crippen LogP contribution in [0, 0.1) is 0 Å². The molecule has 0 bridgehead atoms. The van der Waals surface area contributed by atoms with E-state index in [1.54, 1.807) is 18.2 Å². The van der Waals surface area contributed by atoms with Gasteiger partial charge in [0, 0.05) is 0 Å². The van der Waals surface area contributed by atoms with Crippen LogP contribution in [-0.2, 0) is 27.7 Å². The molecule has 0 aromatic heterocycles. The summed E-state index contributed by atoms with van der Waals surface area (Å²) < 4.78 is 28.1. The molecule has 0 fully saturated rings. The number of carboxylic acid groups (broad SMARTS) is 1. The van der Waals surface area contributed by atoms with Crippen molar-refractivity contribution in [1.82, 2.24) is 4.72 Å². The van der Waals surface area contributed by atoms with E-state index >= 15 is 0 Å². The van der Waals surface area contributed by atoms with Gasteiger partial charge in [-0.25, -0.2) is 8.42 Å². The summed E-state index contributed by atoms with van der Waals surface area (Å²) in [5.41, 5.74) is 5.21. The fraction of sp³-hybridized carbons (Fsp3) is 0.174. The highest BCUT2D eigenvalue weighted by atomic mass is 32.2. The van der Waals surface area contributed by atoms with Crippen molar-refractivity contribution in [3.63, 3.8) is 0 Å². The molecule has 0 saturated heterocycles. The van der Waals surface area contributed by atoms with Crippen molar-refractivity contribution in [3.8, 4) is 11.1 Å². The van der Waals surface area contributed by atoms with Crippen molar-refractivity contribution in [2.24, 2.45) is 0 Å². The van der Waals surface area contributed by atoms with Crippen LogP contribution in [0.5, 0.6) is 0 Å². The van der Waals surface area contributed by atoms with Crippen molar-refractivity contribution in [2.75, 3.05) is 0 Å². The minimum atomic E-state index is -3.95. The third kappa shape index (κ3) is 4.09. The summed E-state index contributed by atoms with van der Waals surface area (Å²) in [5, 5.41) is 9.51. The number of benzene rings is 3. The van der Waals surface area contributed by atoms with Gasteiger partial charge in [0.2, 0.25) is 10.0 Å². The van der Waals surface area contributed by atoms with E-state index in [9.17, 15) is 18.3 Å². The zero-order chi connectivity index (χ0) is 20.4. The molecule has 0 radical (unpaired) electrons. The number of nitrogens with one attached hydrogen (secondary N) is 1. The number of fused-ring (bicyclic) bond motifs is 3. The average Bonchev–Trinajstić information content (AvgIpc) is 3.09. The number of aliphatic carboxylic acids is 1. The first-order valence-electron chi connectivity index (χ1n) is 9.44. The number of hydrogen-bond donors (Lipinski definition) is 2. The summed E-state index contributed by atoms with van der Waals surface area (Å²) in [6.45, 7) is 0. The van der Waals surface area contributed by atoms with Crippen LogP contribution in [0.2, 0.25) is 0 Å². The van der Waals surface area contributed by atoms with Crippen molar-refractivity contribution < 1.29 is 18.3 Å². The van der Waals surface area contributed by atoms with Gasteiger partial charge >= 0.3 is 5.97 Å². The van der Waals surface area contributed by atoms with Gasteiger partial charge in [-0.05, 0) is 59.2 Å². The van der Waals surface area contributed by atoms with Gasteiger partial charge < -0.3 is 5.11 Å². The SMILES string of the molecule is O=C(O)C(CCc1ccccc1)NS(=O)(=O)c1ccc2c(c1)Cc1ccccc1-2. The molecule has 148 valence electrons. The molecule has 0 aliphatic heterocycles. The zero-order valence-corrected chi connectivity index (χ0v) is 16.5. The molecule has 1 aliphatic rings. The van der Waals surface area contributed by atoms with Crippen molar-refractivity contribution >= 4 is 16.0 Å². The summed E-state index contributed by atoms with van der Waals surface area (Å²) in [6, 6.07) is 21.2. The van der Waals surface area contributed by atoms with Crippen LogP contribution in [0.3, 0.4) is 0 Å². The van der Waals surface area contributed by atoms with Crippen molar-refractivity contribution in [3.05, 3.63) is 89.5 Å². The van der Waals surface area contributed by atoms with Crippen LogP contribution in [-0.4, -0.2) is 25.5 Å². The Morgan fingerprint density at radius 2 is 1.62 bits per heavy atom. The Morgan fingerprint density at radius 1 is 0.931 bits per heavy atom. The molecule has 5 nitrogen and oxygen atoms in total. The van der Waals surface area contributed by atoms with Crippen LogP contribution in [0.1, 0.15) is 23.1 Å². The maximum atomic E-state index is 12.9. The molecule has 1 atom stereocenters. The maximum absolute atomic E-state index is 12.9. The molecular weight excluding hydrogens is 386 g/mol. The summed E-state index contributed by atoms with van der Waals surface area (Å²) in [7, 11) is -3.95. The molecule has 1 unspecified atom stereocenters. The van der Waals surface area contributed by atoms with E-state index in [2.05, 4.69) is 4.72 Å². The molecule has 4 rings (SSSR count). The van der Waals surface area contributed by atoms with Crippen LogP contribution in [0.4, 0.5) is 0 Å². The van der Waals surface area contributed by atoms with E-state index in [1.165, 1.54) is 0 Å². The van der Waals surface area contributed by atoms with Gasteiger partial charge in [-0.1, -0.05) is 60.7 Å². The van der Waals surface area contributed by atoms with Crippen LogP contribution in [0.25, 0.3) is 11.1 Å². The topological polar surface area (TPSA) is 83.5 Å². The highest BCUT2D eigenvalue weighted by molar-refractivity contribution is 7.89. The second-order valence-electron chi connectivity index (χ2n) is 7.19. The fourth-order valence-electron chi connectivity index (χ4n) is 3.73. The Bertz CT molecular complexity index is 1160. The minimum absolute atomic E-state index is 0.0926. The number of rotatable bonds is 7. The molecule has 0 spiro atoms. The summed E-state index contributed by atoms with van der Waals surface area (Å²) in [4.78, 5) is 11.7. The van der Waals surface area contributed by atoms with Gasteiger partial charge in [0.1, 0.15) is 6.04 Å². The number of carboxylic acids is 1. The first-order chi connectivity index (χ1) is 13.9. The van der Waals surface area contributed by atoms with Gasteiger partial charge in [-0.3, -0.25) is 4.79 Å². The summed E-state index contributed by atoms with van der Waals surface area (Å²) >= 11 is 0. The molecule has 3 aromatic carbocycles. The van der Waals surface area contributed by atoms with E-state index in [0.29, 0.717) is 12.8 Å². The van der Waals surface area contributed by atoms with E-state index in [1.807, 2.05) is 54.6 Å². The first-order valence-corrected chi connectivity index (χ1v) is 10.9. The molecule has 0 amide bonds. The maximum Gasteiger partial charge on any atom is 0.321 e. The molecule has 0 saturated carbocycles. The highest BCUT2D eigenvalue weighted by Crippen LogP contribution is 2.37. The van der Waals surface area contributed by atoms with Crippen LogP contribution < -0.4 is 4.72 Å². The lowest BCUT2D eigenvalue weighted by atomic mass is 10.1. The van der Waals surface area contributed by atoms with Crippen molar-refractivity contribution in [1.29, 1.82) is 0 Å². The first kappa shape index (κ1) is 19.4. The van der Waals surface area contributed by atoms with E-state index in [-0.39, 0.29) is 11.3 Å². The Balaban J connectivity index is 1.53. The standard InChI is InChI=1S/C23H21NO4S/c25-23(26)22(13-10-16-6-2-1-3-7-16)24-29(27,28)19-11-12-21-18(15-19)14-17-8-4-5-9-20(17)21/h1-9,11-12,15,22,24H,10,13-14H2,(H,25,26). The van der Waals surface area contributed by atoms with E-state index in [0.717, 1.165) is 27.8 Å². The predicted octanol–water partition coefficient (Wildman–Crippen LogP) is 3.62. The fourth-order valence-corrected chi connectivity index (χ4v) is 5.01. The smallest absolute Gasteiger partial charge is 0.321 e. The third-order valence-corrected chi connectivity index (χ3v) is 6.70. The largest absolute Gasteiger partial charge is 0.480 e. The lowest BCUT2D eigenvalue weighted by molar-refractivity contribution is -0.139. The third-order valence-electron chi connectivity index (χ3n) is 5.24. The molecule has 1 aliphatic carbocycles.